The minimum absolute atomic E-state index is 0. The monoisotopic (exact) mass is 333 g/mol. The maximum absolute atomic E-state index is 11.5. The molecule has 1 aliphatic rings. The number of carboxylic acids is 1. The second-order valence-corrected chi connectivity index (χ2v) is 4.62. The van der Waals surface area contributed by atoms with Crippen LogP contribution >= 0.6 is 24.8 Å². The molecule has 0 amide bonds. The number of nitrogens with zero attached hydrogens (tertiary/aromatic N) is 3. The Bertz CT molecular complexity index is 638. The zero-order valence-electron chi connectivity index (χ0n) is 11.2. The van der Waals surface area contributed by atoms with Gasteiger partial charge in [-0.2, -0.15) is 10.2 Å². The Labute approximate surface area is 133 Å². The molecule has 0 unspecified atom stereocenters. The van der Waals surface area contributed by atoms with E-state index in [-0.39, 0.29) is 30.5 Å². The lowest BCUT2D eigenvalue weighted by atomic mass is 9.94. The molecule has 0 bridgehead atoms. The molecule has 4 N–H and O–H groups in total. The van der Waals surface area contributed by atoms with Crippen LogP contribution in [0.15, 0.2) is 6.20 Å². The van der Waals surface area contributed by atoms with E-state index in [1.807, 2.05) is 0 Å². The quantitative estimate of drug-likeness (QED) is 0.780. The lowest BCUT2D eigenvalue weighted by molar-refractivity contribution is 0.0681. The number of nitrogens with two attached hydrogens (primary N) is 1. The van der Waals surface area contributed by atoms with Crippen molar-refractivity contribution in [3.63, 3.8) is 0 Å². The van der Waals surface area contributed by atoms with Gasteiger partial charge in [-0.25, -0.2) is 4.79 Å². The first kappa shape index (κ1) is 17.5. The molecular formula is C12H17Cl2N5O2. The van der Waals surface area contributed by atoms with Crippen molar-refractivity contribution in [2.75, 3.05) is 6.54 Å². The summed E-state index contributed by atoms with van der Waals surface area (Å²) in [4.78, 5) is 11.5. The predicted molar refractivity (Wildman–Crippen MR) is 82.3 cm³/mol. The summed E-state index contributed by atoms with van der Waals surface area (Å²) in [6.07, 6.45) is 3.96. The summed E-state index contributed by atoms with van der Waals surface area (Å²) in [6.45, 7) is 1.04. The highest BCUT2D eigenvalue weighted by atomic mass is 35.5. The molecule has 9 heteroatoms. The van der Waals surface area contributed by atoms with Crippen molar-refractivity contribution in [2.45, 2.75) is 25.8 Å². The minimum Gasteiger partial charge on any atom is -0.477 e. The Hall–Kier alpha value is -1.57. The van der Waals surface area contributed by atoms with Crippen molar-refractivity contribution in [1.29, 1.82) is 0 Å². The number of carbonyl (C=O) groups is 1. The minimum atomic E-state index is -0.936. The van der Waals surface area contributed by atoms with Crippen LogP contribution in [0.25, 0.3) is 11.4 Å². The maximum atomic E-state index is 11.5. The van der Waals surface area contributed by atoms with Gasteiger partial charge in [-0.3, -0.25) is 9.78 Å². The number of halogens is 2. The van der Waals surface area contributed by atoms with Crippen LogP contribution in [0.4, 0.5) is 0 Å². The zero-order chi connectivity index (χ0) is 13.4. The number of fused-ring (bicyclic) bond motifs is 3. The smallest absolute Gasteiger partial charge is 0.354 e. The van der Waals surface area contributed by atoms with Crippen LogP contribution in [0, 0.1) is 0 Å². The van der Waals surface area contributed by atoms with Crippen molar-refractivity contribution < 1.29 is 9.90 Å². The van der Waals surface area contributed by atoms with Crippen molar-refractivity contribution in [3.05, 3.63) is 23.0 Å². The van der Waals surface area contributed by atoms with Gasteiger partial charge in [0.1, 0.15) is 11.4 Å². The molecule has 0 radical (unpaired) electrons. The van der Waals surface area contributed by atoms with Gasteiger partial charge in [-0.1, -0.05) is 0 Å². The maximum Gasteiger partial charge on any atom is 0.354 e. The van der Waals surface area contributed by atoms with Crippen molar-refractivity contribution in [3.8, 4) is 11.4 Å². The largest absolute Gasteiger partial charge is 0.477 e. The van der Waals surface area contributed by atoms with Crippen LogP contribution in [0.1, 0.15) is 28.0 Å². The van der Waals surface area contributed by atoms with Crippen molar-refractivity contribution in [2.24, 2.45) is 5.73 Å². The second-order valence-electron chi connectivity index (χ2n) is 4.62. The molecule has 2 heterocycles. The summed E-state index contributed by atoms with van der Waals surface area (Å²) in [5.41, 5.74) is 9.20. The third-order valence-electron chi connectivity index (χ3n) is 3.43. The average Bonchev–Trinajstić information content (AvgIpc) is 2.98. The number of carboxylic acid groups (broad SMARTS) is 1. The number of aromatic nitrogens is 4. The molecule has 0 aliphatic heterocycles. The molecule has 0 saturated heterocycles. The molecule has 2 aromatic rings. The number of aromatic amines is 1. The number of nitrogens with one attached hydrogen (secondary N) is 1. The number of H-pyrrole nitrogens is 1. The zero-order valence-corrected chi connectivity index (χ0v) is 12.8. The van der Waals surface area contributed by atoms with E-state index in [9.17, 15) is 9.90 Å². The van der Waals surface area contributed by atoms with E-state index < -0.39 is 5.97 Å². The van der Waals surface area contributed by atoms with Crippen LogP contribution in [-0.4, -0.2) is 37.6 Å². The van der Waals surface area contributed by atoms with E-state index in [2.05, 4.69) is 15.3 Å². The van der Waals surface area contributed by atoms with Gasteiger partial charge >= 0.3 is 5.97 Å². The molecule has 0 aromatic carbocycles. The average molecular weight is 334 g/mol. The Morgan fingerprint density at radius 3 is 2.86 bits per heavy atom. The van der Waals surface area contributed by atoms with E-state index >= 15 is 0 Å². The highest BCUT2D eigenvalue weighted by Gasteiger charge is 2.28. The molecule has 3 rings (SSSR count). The lowest BCUT2D eigenvalue weighted by Gasteiger charge is -2.09. The highest BCUT2D eigenvalue weighted by molar-refractivity contribution is 5.90. The fraction of sp³-hybridized carbons (Fsp3) is 0.417. The molecule has 116 valence electrons. The van der Waals surface area contributed by atoms with Crippen molar-refractivity contribution >= 4 is 30.8 Å². The van der Waals surface area contributed by atoms with Gasteiger partial charge in [0, 0.05) is 12.1 Å². The second kappa shape index (κ2) is 6.93. The number of hydrogen-bond acceptors (Lipinski definition) is 4. The van der Waals surface area contributed by atoms with E-state index in [0.29, 0.717) is 31.6 Å². The van der Waals surface area contributed by atoms with Gasteiger partial charge in [0.2, 0.25) is 0 Å². The topological polar surface area (TPSA) is 110 Å². The summed E-state index contributed by atoms with van der Waals surface area (Å²) in [7, 11) is 0. The van der Waals surface area contributed by atoms with E-state index in [1.165, 1.54) is 0 Å². The van der Waals surface area contributed by atoms with E-state index in [1.54, 1.807) is 10.9 Å². The molecular weight excluding hydrogens is 317 g/mol. The summed E-state index contributed by atoms with van der Waals surface area (Å²) < 4.78 is 1.55. The predicted octanol–water partition coefficient (Wildman–Crippen LogP) is 1.26. The fourth-order valence-corrected chi connectivity index (χ4v) is 2.54. The standard InChI is InChI=1S/C12H15N5O2.2ClH/c13-4-1-5-17-11(12(18)19)8-3-2-7-6-14-15-9(7)10(8)16-17;;/h6H,1-5,13H2,(H,14,15)(H,18,19);2*1H. The summed E-state index contributed by atoms with van der Waals surface area (Å²) in [5.74, 6) is -0.936. The Morgan fingerprint density at radius 2 is 2.19 bits per heavy atom. The first-order valence-electron chi connectivity index (χ1n) is 6.28. The van der Waals surface area contributed by atoms with Crippen molar-refractivity contribution in [1.82, 2.24) is 20.0 Å². The highest BCUT2D eigenvalue weighted by Crippen LogP contribution is 2.32. The normalized spacial score (nSPS) is 11.9. The van der Waals surface area contributed by atoms with Crippen LogP contribution < -0.4 is 5.73 Å². The van der Waals surface area contributed by atoms with Gasteiger partial charge in [0.05, 0.1) is 11.9 Å². The van der Waals surface area contributed by atoms with E-state index in [0.717, 1.165) is 23.2 Å². The molecule has 0 saturated carbocycles. The molecule has 21 heavy (non-hydrogen) atoms. The number of hydrogen-bond donors (Lipinski definition) is 3. The SMILES string of the molecule is Cl.Cl.NCCCn1nc2c(c1C(=O)O)CCc1cn[nH]c1-2. The molecule has 7 nitrogen and oxygen atoms in total. The molecule has 0 spiro atoms. The fourth-order valence-electron chi connectivity index (χ4n) is 2.54. The molecule has 0 atom stereocenters. The number of aromatic carboxylic acids is 1. The molecule has 1 aliphatic carbocycles. The van der Waals surface area contributed by atoms with Crippen LogP contribution in [-0.2, 0) is 19.4 Å². The summed E-state index contributed by atoms with van der Waals surface area (Å²) >= 11 is 0. The van der Waals surface area contributed by atoms with Gasteiger partial charge in [0.25, 0.3) is 0 Å². The molecule has 2 aromatic heterocycles. The van der Waals surface area contributed by atoms with Crippen LogP contribution in [0.2, 0.25) is 0 Å². The first-order chi connectivity index (χ1) is 9.22. The summed E-state index contributed by atoms with van der Waals surface area (Å²) in [6, 6.07) is 0. The van der Waals surface area contributed by atoms with Crippen LogP contribution in [0.5, 0.6) is 0 Å². The first-order valence-corrected chi connectivity index (χ1v) is 6.28. The van der Waals surface area contributed by atoms with E-state index in [4.69, 9.17) is 5.73 Å². The number of aryl methyl sites for hydroxylation is 2. The summed E-state index contributed by atoms with van der Waals surface area (Å²) in [5, 5.41) is 20.7. The third kappa shape index (κ3) is 2.90. The third-order valence-corrected chi connectivity index (χ3v) is 3.43. The molecule has 0 fully saturated rings. The Morgan fingerprint density at radius 1 is 1.43 bits per heavy atom. The van der Waals surface area contributed by atoms with Gasteiger partial charge in [-0.05, 0) is 31.4 Å². The number of rotatable bonds is 4. The van der Waals surface area contributed by atoms with Crippen LogP contribution in [0.3, 0.4) is 0 Å². The Balaban J connectivity index is 0.00000110. The van der Waals surface area contributed by atoms with Gasteiger partial charge in [-0.15, -0.1) is 24.8 Å². The van der Waals surface area contributed by atoms with Gasteiger partial charge in [0.15, 0.2) is 0 Å². The van der Waals surface area contributed by atoms with Gasteiger partial charge < -0.3 is 10.8 Å². The lowest BCUT2D eigenvalue weighted by Crippen LogP contribution is -2.14. The Kier molecular flexibility index (Phi) is 5.77.